The summed E-state index contributed by atoms with van der Waals surface area (Å²) in [5.74, 6) is 1.11. The van der Waals surface area contributed by atoms with Crippen molar-refractivity contribution in [1.82, 2.24) is 0 Å². The maximum Gasteiger partial charge on any atom is 0.310 e. The fraction of sp³-hybridized carbons (Fsp3) is 0.800. The number of esters is 2. The van der Waals surface area contributed by atoms with Crippen molar-refractivity contribution in [3.63, 3.8) is 0 Å². The summed E-state index contributed by atoms with van der Waals surface area (Å²) >= 11 is 0. The van der Waals surface area contributed by atoms with Gasteiger partial charge in [-0.2, -0.15) is 0 Å². The molecule has 0 bridgehead atoms. The van der Waals surface area contributed by atoms with Crippen molar-refractivity contribution in [2.45, 2.75) is 80.1 Å². The molecule has 1 saturated heterocycles. The first-order valence-electron chi connectivity index (χ1n) is 13.7. The van der Waals surface area contributed by atoms with E-state index in [-0.39, 0.29) is 58.3 Å². The number of carbonyl (C=O) groups is 2. The van der Waals surface area contributed by atoms with Crippen molar-refractivity contribution >= 4 is 11.9 Å². The van der Waals surface area contributed by atoms with E-state index >= 15 is 0 Å². The van der Waals surface area contributed by atoms with E-state index in [1.165, 1.54) is 11.1 Å². The summed E-state index contributed by atoms with van der Waals surface area (Å²) in [6.45, 7) is 14.1. The van der Waals surface area contributed by atoms with Gasteiger partial charge in [0, 0.05) is 11.8 Å². The quantitative estimate of drug-likeness (QED) is 0.307. The number of cyclic esters (lactones) is 2. The van der Waals surface area contributed by atoms with E-state index in [4.69, 9.17) is 9.47 Å². The minimum absolute atomic E-state index is 0.0137. The van der Waals surface area contributed by atoms with Crippen LogP contribution in [0.2, 0.25) is 0 Å². The molecule has 3 fully saturated rings. The van der Waals surface area contributed by atoms with Crippen molar-refractivity contribution in [3.05, 3.63) is 23.3 Å². The van der Waals surface area contributed by atoms with Crippen LogP contribution in [0.5, 0.6) is 0 Å². The Balaban J connectivity index is 1.48. The van der Waals surface area contributed by atoms with Gasteiger partial charge in [-0.1, -0.05) is 63.8 Å². The highest BCUT2D eigenvalue weighted by Gasteiger charge is 2.55. The number of hydrogen-bond acceptors (Lipinski definition) is 4. The number of fused-ring (bicyclic) bond motifs is 6. The van der Waals surface area contributed by atoms with Crippen LogP contribution in [-0.2, 0) is 19.1 Å². The molecule has 0 aromatic rings. The SMILES string of the molecule is CC1=C[C@@]2(C)C[C@H](C)CC[C@H]2[C@@H]2C(=O)OC[C@H]3C(C)=C[C@@]4(C)C[C@H](C)CC[C@H]4[C@@H]3C(=O)OC[C@@H]12. The lowest BCUT2D eigenvalue weighted by molar-refractivity contribution is -0.173. The Morgan fingerprint density at radius 1 is 0.706 bits per heavy atom. The maximum atomic E-state index is 13.7. The van der Waals surface area contributed by atoms with Crippen molar-refractivity contribution in [1.29, 1.82) is 0 Å². The van der Waals surface area contributed by atoms with Crippen LogP contribution in [0.1, 0.15) is 80.1 Å². The van der Waals surface area contributed by atoms with Crippen molar-refractivity contribution in [2.75, 3.05) is 13.2 Å². The summed E-state index contributed by atoms with van der Waals surface area (Å²) in [6.07, 6.45) is 11.4. The molecule has 4 aliphatic carbocycles. The third-order valence-corrected chi connectivity index (χ3v) is 10.6. The standard InChI is InChI=1S/C30H44O4/c1-17-7-9-23-25-21(19(3)13-29(23,5)11-17)15-34-28(32)26-22(16-33-27(25)31)20(4)14-30(6)12-18(2)8-10-24(26)30/h13-14,17-18,21-26H,7-12,15-16H2,1-6H3/t17-,18-,21+,22+,23+,24+,25-,26-,29-,30-/m1/s1. The van der Waals surface area contributed by atoms with Gasteiger partial charge in [0.25, 0.3) is 0 Å². The van der Waals surface area contributed by atoms with Crippen LogP contribution >= 0.6 is 0 Å². The lowest BCUT2D eigenvalue weighted by Gasteiger charge is -2.53. The summed E-state index contributed by atoms with van der Waals surface area (Å²) in [7, 11) is 0. The summed E-state index contributed by atoms with van der Waals surface area (Å²) in [4.78, 5) is 27.5. The topological polar surface area (TPSA) is 52.6 Å². The predicted molar refractivity (Wildman–Crippen MR) is 133 cm³/mol. The highest BCUT2D eigenvalue weighted by molar-refractivity contribution is 5.77. The van der Waals surface area contributed by atoms with Crippen LogP contribution < -0.4 is 0 Å². The van der Waals surface area contributed by atoms with Crippen LogP contribution in [-0.4, -0.2) is 25.2 Å². The van der Waals surface area contributed by atoms with Gasteiger partial charge >= 0.3 is 11.9 Å². The summed E-state index contributed by atoms with van der Waals surface area (Å²) in [5, 5.41) is 0. The van der Waals surface area contributed by atoms with E-state index in [0.29, 0.717) is 25.0 Å². The van der Waals surface area contributed by atoms with Crippen molar-refractivity contribution in [3.8, 4) is 0 Å². The second-order valence-corrected chi connectivity index (χ2v) is 13.3. The summed E-state index contributed by atoms with van der Waals surface area (Å²) < 4.78 is 12.3. The molecule has 1 aliphatic heterocycles. The largest absolute Gasteiger partial charge is 0.465 e. The van der Waals surface area contributed by atoms with E-state index in [1.54, 1.807) is 0 Å². The first kappa shape index (κ1) is 24.1. The number of carbonyl (C=O) groups excluding carboxylic acids is 2. The Bertz CT molecular complexity index is 843. The Kier molecular flexibility index (Phi) is 6.05. The molecule has 4 heteroatoms. The third-order valence-electron chi connectivity index (χ3n) is 10.6. The van der Waals surface area contributed by atoms with Gasteiger partial charge < -0.3 is 9.47 Å². The van der Waals surface area contributed by atoms with E-state index < -0.39 is 0 Å². The first-order chi connectivity index (χ1) is 16.0. The molecule has 0 N–H and O–H groups in total. The molecule has 10 atom stereocenters. The van der Waals surface area contributed by atoms with E-state index in [0.717, 1.165) is 38.5 Å². The fourth-order valence-corrected chi connectivity index (χ4v) is 9.15. The van der Waals surface area contributed by atoms with Crippen molar-refractivity contribution in [2.24, 2.45) is 58.2 Å². The fourth-order valence-electron chi connectivity index (χ4n) is 9.15. The van der Waals surface area contributed by atoms with Gasteiger partial charge in [-0.05, 0) is 74.0 Å². The molecular weight excluding hydrogens is 424 g/mol. The van der Waals surface area contributed by atoms with Crippen LogP contribution in [0.15, 0.2) is 23.3 Å². The molecule has 34 heavy (non-hydrogen) atoms. The average molecular weight is 469 g/mol. The van der Waals surface area contributed by atoms with Gasteiger partial charge in [0.15, 0.2) is 0 Å². The van der Waals surface area contributed by atoms with Gasteiger partial charge in [0.1, 0.15) is 0 Å². The van der Waals surface area contributed by atoms with E-state index in [2.05, 4.69) is 53.7 Å². The smallest absolute Gasteiger partial charge is 0.310 e. The lowest BCUT2D eigenvalue weighted by Crippen LogP contribution is -2.52. The summed E-state index contributed by atoms with van der Waals surface area (Å²) in [5.41, 5.74) is 2.41. The average Bonchev–Trinajstić information content (AvgIpc) is 2.73. The molecule has 188 valence electrons. The molecule has 0 unspecified atom stereocenters. The molecular formula is C30H44O4. The molecule has 0 spiro atoms. The van der Waals surface area contributed by atoms with Crippen LogP contribution in [0.3, 0.4) is 0 Å². The zero-order valence-corrected chi connectivity index (χ0v) is 22.1. The molecule has 0 aromatic heterocycles. The van der Waals surface area contributed by atoms with Gasteiger partial charge in [-0.3, -0.25) is 9.59 Å². The zero-order chi connectivity index (χ0) is 24.4. The van der Waals surface area contributed by atoms with Crippen LogP contribution in [0, 0.1) is 58.2 Å². The molecule has 5 aliphatic rings. The number of hydrogen-bond donors (Lipinski definition) is 0. The minimum atomic E-state index is -0.222. The Morgan fingerprint density at radius 2 is 1.09 bits per heavy atom. The Morgan fingerprint density at radius 3 is 1.47 bits per heavy atom. The number of rotatable bonds is 0. The molecule has 4 nitrogen and oxygen atoms in total. The minimum Gasteiger partial charge on any atom is -0.465 e. The monoisotopic (exact) mass is 468 g/mol. The van der Waals surface area contributed by atoms with E-state index in [9.17, 15) is 9.59 Å². The number of ether oxygens (including phenoxy) is 2. The van der Waals surface area contributed by atoms with Gasteiger partial charge in [-0.25, -0.2) is 0 Å². The van der Waals surface area contributed by atoms with E-state index in [1.807, 2.05) is 0 Å². The van der Waals surface area contributed by atoms with Gasteiger partial charge in [0.05, 0.1) is 25.0 Å². The third kappa shape index (κ3) is 3.88. The summed E-state index contributed by atoms with van der Waals surface area (Å²) in [6, 6.07) is 0. The molecule has 0 amide bonds. The lowest BCUT2D eigenvalue weighted by atomic mass is 9.53. The number of allylic oxidation sites excluding steroid dienone is 2. The molecule has 0 radical (unpaired) electrons. The van der Waals surface area contributed by atoms with Crippen molar-refractivity contribution < 1.29 is 19.1 Å². The second-order valence-electron chi connectivity index (χ2n) is 13.3. The normalized spacial score (nSPS) is 49.1. The molecule has 2 saturated carbocycles. The second kappa shape index (κ2) is 8.52. The first-order valence-corrected chi connectivity index (χ1v) is 13.7. The van der Waals surface area contributed by atoms with Gasteiger partial charge in [-0.15, -0.1) is 0 Å². The maximum absolute atomic E-state index is 13.7. The molecule has 0 aromatic carbocycles. The zero-order valence-electron chi connectivity index (χ0n) is 22.1. The predicted octanol–water partition coefficient (Wildman–Crippen LogP) is 6.36. The highest BCUT2D eigenvalue weighted by atomic mass is 16.5. The molecule has 5 rings (SSSR count). The van der Waals surface area contributed by atoms with Crippen LogP contribution in [0.25, 0.3) is 0 Å². The Hall–Kier alpha value is -1.58. The van der Waals surface area contributed by atoms with Gasteiger partial charge in [0.2, 0.25) is 0 Å². The van der Waals surface area contributed by atoms with Crippen LogP contribution in [0.4, 0.5) is 0 Å². The Labute approximate surface area is 205 Å². The highest BCUT2D eigenvalue weighted by Crippen LogP contribution is 2.57. The molecule has 1 heterocycles.